The van der Waals surface area contributed by atoms with Gasteiger partial charge in [-0.05, 0) is 49.5 Å². The summed E-state index contributed by atoms with van der Waals surface area (Å²) in [6.07, 6.45) is 2.38. The standard InChI is InChI=1S/C16H23N2O/c1-13-8-10-18(11-9-13)12-14-4-6-15(7-5-14)16(19)17(2)3/h4-7,13H,1,8-12H2,2-3H3. The lowest BCUT2D eigenvalue weighted by Gasteiger charge is -2.30. The topological polar surface area (TPSA) is 23.6 Å². The van der Waals surface area contributed by atoms with Gasteiger partial charge < -0.3 is 4.90 Å². The van der Waals surface area contributed by atoms with Crippen LogP contribution in [0.2, 0.25) is 0 Å². The molecule has 103 valence electrons. The van der Waals surface area contributed by atoms with Gasteiger partial charge in [0.1, 0.15) is 0 Å². The third kappa shape index (κ3) is 3.80. The van der Waals surface area contributed by atoms with E-state index in [2.05, 4.69) is 24.0 Å². The normalized spacial score (nSPS) is 17.4. The van der Waals surface area contributed by atoms with Gasteiger partial charge in [0.05, 0.1) is 0 Å². The molecule has 1 amide bonds. The molecule has 2 rings (SSSR count). The van der Waals surface area contributed by atoms with Crippen LogP contribution in [-0.4, -0.2) is 42.9 Å². The monoisotopic (exact) mass is 259 g/mol. The molecule has 1 aromatic rings. The van der Waals surface area contributed by atoms with Crippen LogP contribution in [0, 0.1) is 12.8 Å². The highest BCUT2D eigenvalue weighted by Crippen LogP contribution is 2.18. The van der Waals surface area contributed by atoms with Crippen molar-refractivity contribution in [2.45, 2.75) is 19.4 Å². The molecule has 1 saturated heterocycles. The number of likely N-dealkylation sites (tertiary alicyclic amines) is 1. The summed E-state index contributed by atoms with van der Waals surface area (Å²) in [5.41, 5.74) is 2.03. The molecule has 1 radical (unpaired) electrons. The fourth-order valence-electron chi connectivity index (χ4n) is 2.41. The Kier molecular flexibility index (Phi) is 4.59. The van der Waals surface area contributed by atoms with Crippen LogP contribution >= 0.6 is 0 Å². The molecule has 1 heterocycles. The summed E-state index contributed by atoms with van der Waals surface area (Å²) in [6.45, 7) is 7.36. The summed E-state index contributed by atoms with van der Waals surface area (Å²) in [5, 5.41) is 0. The van der Waals surface area contributed by atoms with Crippen LogP contribution in [0.15, 0.2) is 24.3 Å². The molecule has 0 aromatic heterocycles. The van der Waals surface area contributed by atoms with E-state index in [0.717, 1.165) is 25.2 Å². The van der Waals surface area contributed by atoms with Crippen molar-refractivity contribution in [1.82, 2.24) is 9.80 Å². The van der Waals surface area contributed by atoms with E-state index < -0.39 is 0 Å². The molecule has 1 aliphatic heterocycles. The number of piperidine rings is 1. The summed E-state index contributed by atoms with van der Waals surface area (Å²) < 4.78 is 0. The quantitative estimate of drug-likeness (QED) is 0.832. The van der Waals surface area contributed by atoms with Crippen LogP contribution in [0.5, 0.6) is 0 Å². The van der Waals surface area contributed by atoms with Gasteiger partial charge in [-0.2, -0.15) is 0 Å². The number of rotatable bonds is 3. The summed E-state index contributed by atoms with van der Waals surface area (Å²) in [6, 6.07) is 7.97. The molecule has 1 aliphatic rings. The summed E-state index contributed by atoms with van der Waals surface area (Å²) in [4.78, 5) is 15.9. The van der Waals surface area contributed by atoms with E-state index in [0.29, 0.717) is 5.92 Å². The van der Waals surface area contributed by atoms with Crippen LogP contribution < -0.4 is 0 Å². The fourth-order valence-corrected chi connectivity index (χ4v) is 2.41. The van der Waals surface area contributed by atoms with Gasteiger partial charge in [0.2, 0.25) is 0 Å². The Balaban J connectivity index is 1.93. The zero-order valence-corrected chi connectivity index (χ0v) is 11.9. The molecule has 1 aromatic carbocycles. The first-order valence-electron chi connectivity index (χ1n) is 6.92. The number of nitrogens with zero attached hydrogens (tertiary/aromatic N) is 2. The minimum absolute atomic E-state index is 0.0596. The van der Waals surface area contributed by atoms with Crippen molar-refractivity contribution >= 4 is 5.91 Å². The summed E-state index contributed by atoms with van der Waals surface area (Å²) in [7, 11) is 3.55. The molecule has 0 unspecified atom stereocenters. The maximum atomic E-state index is 11.8. The number of hydrogen-bond donors (Lipinski definition) is 0. The predicted molar refractivity (Wildman–Crippen MR) is 77.8 cm³/mol. The van der Waals surface area contributed by atoms with E-state index in [9.17, 15) is 4.79 Å². The van der Waals surface area contributed by atoms with Crippen LogP contribution in [-0.2, 0) is 6.54 Å². The first kappa shape index (κ1) is 14.1. The smallest absolute Gasteiger partial charge is 0.253 e. The van der Waals surface area contributed by atoms with E-state index in [1.165, 1.54) is 18.4 Å². The number of carbonyl (C=O) groups is 1. The lowest BCUT2D eigenvalue weighted by atomic mass is 9.99. The molecular formula is C16H23N2O. The van der Waals surface area contributed by atoms with Crippen LogP contribution in [0.1, 0.15) is 28.8 Å². The van der Waals surface area contributed by atoms with E-state index in [-0.39, 0.29) is 5.91 Å². The zero-order valence-electron chi connectivity index (χ0n) is 11.9. The molecule has 19 heavy (non-hydrogen) atoms. The molecule has 1 fully saturated rings. The van der Waals surface area contributed by atoms with Crippen molar-refractivity contribution in [3.8, 4) is 0 Å². The van der Waals surface area contributed by atoms with Crippen molar-refractivity contribution in [3.63, 3.8) is 0 Å². The van der Waals surface area contributed by atoms with Gasteiger partial charge in [0, 0.05) is 26.2 Å². The maximum absolute atomic E-state index is 11.8. The Morgan fingerprint density at radius 2 is 1.84 bits per heavy atom. The first-order valence-corrected chi connectivity index (χ1v) is 6.92. The van der Waals surface area contributed by atoms with Crippen molar-refractivity contribution in [1.29, 1.82) is 0 Å². The Bertz CT molecular complexity index is 417. The van der Waals surface area contributed by atoms with Gasteiger partial charge in [0.25, 0.3) is 5.91 Å². The largest absolute Gasteiger partial charge is 0.345 e. The molecule has 0 saturated carbocycles. The number of hydrogen-bond acceptors (Lipinski definition) is 2. The van der Waals surface area contributed by atoms with Gasteiger partial charge in [-0.25, -0.2) is 0 Å². The first-order chi connectivity index (χ1) is 9.06. The highest BCUT2D eigenvalue weighted by molar-refractivity contribution is 5.93. The van der Waals surface area contributed by atoms with Gasteiger partial charge >= 0.3 is 0 Å². The average Bonchev–Trinajstić information content (AvgIpc) is 2.41. The minimum Gasteiger partial charge on any atom is -0.345 e. The van der Waals surface area contributed by atoms with Crippen molar-refractivity contribution in [2.75, 3.05) is 27.2 Å². The lowest BCUT2D eigenvalue weighted by molar-refractivity contribution is 0.0827. The van der Waals surface area contributed by atoms with E-state index in [1.807, 2.05) is 12.1 Å². The van der Waals surface area contributed by atoms with Gasteiger partial charge in [0.15, 0.2) is 0 Å². The second-order valence-corrected chi connectivity index (χ2v) is 5.62. The number of benzene rings is 1. The molecule has 0 atom stereocenters. The highest BCUT2D eigenvalue weighted by Gasteiger charge is 2.16. The van der Waals surface area contributed by atoms with Crippen LogP contribution in [0.25, 0.3) is 0 Å². The molecule has 3 nitrogen and oxygen atoms in total. The third-order valence-corrected chi connectivity index (χ3v) is 3.72. The fraction of sp³-hybridized carbons (Fsp3) is 0.500. The van der Waals surface area contributed by atoms with E-state index >= 15 is 0 Å². The highest BCUT2D eigenvalue weighted by atomic mass is 16.2. The van der Waals surface area contributed by atoms with Crippen LogP contribution in [0.3, 0.4) is 0 Å². The Hall–Kier alpha value is -1.35. The lowest BCUT2D eigenvalue weighted by Crippen LogP contribution is -2.32. The molecular weight excluding hydrogens is 236 g/mol. The third-order valence-electron chi connectivity index (χ3n) is 3.72. The Morgan fingerprint density at radius 3 is 2.37 bits per heavy atom. The zero-order chi connectivity index (χ0) is 13.8. The number of carbonyl (C=O) groups excluding carboxylic acids is 1. The maximum Gasteiger partial charge on any atom is 0.253 e. The van der Waals surface area contributed by atoms with E-state index in [1.54, 1.807) is 19.0 Å². The number of amides is 1. The average molecular weight is 259 g/mol. The van der Waals surface area contributed by atoms with Crippen molar-refractivity contribution in [3.05, 3.63) is 42.3 Å². The summed E-state index contributed by atoms with van der Waals surface area (Å²) in [5.74, 6) is 0.681. The van der Waals surface area contributed by atoms with Gasteiger partial charge in [-0.1, -0.05) is 19.1 Å². The Labute approximate surface area is 116 Å². The van der Waals surface area contributed by atoms with E-state index in [4.69, 9.17) is 0 Å². The van der Waals surface area contributed by atoms with Crippen LogP contribution in [0.4, 0.5) is 0 Å². The van der Waals surface area contributed by atoms with Crippen molar-refractivity contribution < 1.29 is 4.79 Å². The molecule has 0 spiro atoms. The Morgan fingerprint density at radius 1 is 1.26 bits per heavy atom. The molecule has 0 bridgehead atoms. The molecule has 0 aliphatic carbocycles. The molecule has 0 N–H and O–H groups in total. The summed E-state index contributed by atoms with van der Waals surface area (Å²) >= 11 is 0. The predicted octanol–water partition coefficient (Wildman–Crippen LogP) is 2.43. The SMILES string of the molecule is [CH2]C1CCN(Cc2ccc(C(=O)N(C)C)cc2)CC1. The van der Waals surface area contributed by atoms with Gasteiger partial charge in [-0.15, -0.1) is 0 Å². The second kappa shape index (κ2) is 6.20. The van der Waals surface area contributed by atoms with Crippen molar-refractivity contribution in [2.24, 2.45) is 5.92 Å². The van der Waals surface area contributed by atoms with Gasteiger partial charge in [-0.3, -0.25) is 9.69 Å². The minimum atomic E-state index is 0.0596. The molecule has 3 heteroatoms. The second-order valence-electron chi connectivity index (χ2n) is 5.62.